The zero-order valence-corrected chi connectivity index (χ0v) is 15.9. The summed E-state index contributed by atoms with van der Waals surface area (Å²) in [6.45, 7) is 4.19. The third-order valence-corrected chi connectivity index (χ3v) is 5.14. The van der Waals surface area contributed by atoms with Gasteiger partial charge >= 0.3 is 5.97 Å². The quantitative estimate of drug-likeness (QED) is 0.624. The number of benzene rings is 1. The Hall–Kier alpha value is -2.60. The third kappa shape index (κ3) is 3.37. The molecule has 6 nitrogen and oxygen atoms in total. The summed E-state index contributed by atoms with van der Waals surface area (Å²) < 4.78 is 6.95. The second-order valence-corrected chi connectivity index (χ2v) is 6.95. The van der Waals surface area contributed by atoms with Gasteiger partial charge in [0.05, 0.1) is 12.0 Å². The molecule has 4 rings (SSSR count). The number of carbonyl (C=O) groups is 1. The molecule has 3 aromatic rings. The van der Waals surface area contributed by atoms with E-state index in [0.29, 0.717) is 11.6 Å². The zero-order valence-electron chi connectivity index (χ0n) is 15.2. The first-order valence-corrected chi connectivity index (χ1v) is 9.56. The lowest BCUT2D eigenvalue weighted by Crippen LogP contribution is -2.19. The first-order chi connectivity index (χ1) is 13.2. The lowest BCUT2D eigenvalue weighted by molar-refractivity contribution is -0.143. The Morgan fingerprint density at radius 1 is 1.19 bits per heavy atom. The SMILES string of the molecule is CCOC(=O)Cn1cc(-c2ccccc2Cl)c2c(N3CCCC3)ncnc21. The Balaban J connectivity index is 1.92. The number of esters is 1. The molecule has 0 atom stereocenters. The van der Waals surface area contributed by atoms with Crippen molar-refractivity contribution in [1.29, 1.82) is 0 Å². The molecule has 0 bridgehead atoms. The Morgan fingerprint density at radius 2 is 1.96 bits per heavy atom. The van der Waals surface area contributed by atoms with Crippen LogP contribution in [0.2, 0.25) is 5.02 Å². The molecule has 1 aromatic carbocycles. The van der Waals surface area contributed by atoms with Crippen molar-refractivity contribution in [2.75, 3.05) is 24.6 Å². The zero-order chi connectivity index (χ0) is 18.8. The molecule has 0 amide bonds. The van der Waals surface area contributed by atoms with Gasteiger partial charge in [0.25, 0.3) is 0 Å². The number of anilines is 1. The Bertz CT molecular complexity index is 979. The van der Waals surface area contributed by atoms with Crippen molar-refractivity contribution in [1.82, 2.24) is 14.5 Å². The summed E-state index contributed by atoms with van der Waals surface area (Å²) >= 11 is 6.48. The number of hydrogen-bond donors (Lipinski definition) is 0. The molecule has 0 radical (unpaired) electrons. The fourth-order valence-electron chi connectivity index (χ4n) is 3.63. The van der Waals surface area contributed by atoms with Gasteiger partial charge in [-0.15, -0.1) is 0 Å². The number of nitrogens with zero attached hydrogens (tertiary/aromatic N) is 4. The van der Waals surface area contributed by atoms with Crippen LogP contribution in [0.3, 0.4) is 0 Å². The number of rotatable bonds is 5. The number of hydrogen-bond acceptors (Lipinski definition) is 5. The predicted molar refractivity (Wildman–Crippen MR) is 106 cm³/mol. The van der Waals surface area contributed by atoms with Crippen LogP contribution in [0.5, 0.6) is 0 Å². The van der Waals surface area contributed by atoms with E-state index in [9.17, 15) is 4.79 Å². The third-order valence-electron chi connectivity index (χ3n) is 4.81. The molecule has 140 valence electrons. The number of aromatic nitrogens is 3. The highest BCUT2D eigenvalue weighted by molar-refractivity contribution is 6.33. The van der Waals surface area contributed by atoms with Crippen molar-refractivity contribution in [3.63, 3.8) is 0 Å². The van der Waals surface area contributed by atoms with E-state index in [1.54, 1.807) is 13.3 Å². The van der Waals surface area contributed by atoms with Gasteiger partial charge < -0.3 is 14.2 Å². The van der Waals surface area contributed by atoms with E-state index < -0.39 is 0 Å². The van der Waals surface area contributed by atoms with Crippen LogP contribution in [0.25, 0.3) is 22.2 Å². The first kappa shape index (κ1) is 17.8. The maximum Gasteiger partial charge on any atom is 0.325 e. The number of ether oxygens (including phenoxy) is 1. The molecule has 0 unspecified atom stereocenters. The second kappa shape index (κ2) is 7.56. The number of halogens is 1. The number of carbonyl (C=O) groups excluding carboxylic acids is 1. The smallest absolute Gasteiger partial charge is 0.325 e. The van der Waals surface area contributed by atoms with Crippen LogP contribution in [0.1, 0.15) is 19.8 Å². The van der Waals surface area contributed by atoms with Crippen molar-refractivity contribution in [2.45, 2.75) is 26.3 Å². The van der Waals surface area contributed by atoms with Gasteiger partial charge in [0, 0.05) is 35.4 Å². The molecule has 7 heteroatoms. The standard InChI is InChI=1S/C20H21ClN4O2/c1-2-27-17(26)12-25-11-15(14-7-3-4-8-16(14)21)18-19(22-13-23-20(18)25)24-9-5-6-10-24/h3-4,7-8,11,13H,2,5-6,9-10,12H2,1H3. The maximum absolute atomic E-state index is 12.1. The number of fused-ring (bicyclic) bond motifs is 1. The van der Waals surface area contributed by atoms with Crippen molar-refractivity contribution >= 4 is 34.4 Å². The average Bonchev–Trinajstić information content (AvgIpc) is 3.31. The highest BCUT2D eigenvalue weighted by atomic mass is 35.5. The van der Waals surface area contributed by atoms with Gasteiger partial charge in [-0.05, 0) is 25.8 Å². The minimum absolute atomic E-state index is 0.102. The first-order valence-electron chi connectivity index (χ1n) is 9.18. The van der Waals surface area contributed by atoms with Crippen LogP contribution in [0.15, 0.2) is 36.8 Å². The molecule has 0 spiro atoms. The maximum atomic E-state index is 12.1. The largest absolute Gasteiger partial charge is 0.465 e. The van der Waals surface area contributed by atoms with Crippen LogP contribution >= 0.6 is 11.6 Å². The van der Waals surface area contributed by atoms with E-state index in [0.717, 1.165) is 53.9 Å². The highest BCUT2D eigenvalue weighted by Gasteiger charge is 2.23. The van der Waals surface area contributed by atoms with Gasteiger partial charge in [-0.3, -0.25) is 4.79 Å². The van der Waals surface area contributed by atoms with Gasteiger partial charge in [0.15, 0.2) is 0 Å². The van der Waals surface area contributed by atoms with E-state index in [-0.39, 0.29) is 12.5 Å². The van der Waals surface area contributed by atoms with Crippen LogP contribution in [0, 0.1) is 0 Å². The molecule has 3 heterocycles. The summed E-state index contributed by atoms with van der Waals surface area (Å²) in [7, 11) is 0. The normalized spacial score (nSPS) is 14.1. The lowest BCUT2D eigenvalue weighted by Gasteiger charge is -2.18. The lowest BCUT2D eigenvalue weighted by atomic mass is 10.1. The molecule has 1 aliphatic rings. The van der Waals surface area contributed by atoms with Crippen molar-refractivity contribution in [2.24, 2.45) is 0 Å². The summed E-state index contributed by atoms with van der Waals surface area (Å²) in [4.78, 5) is 23.4. The molecule has 0 N–H and O–H groups in total. The van der Waals surface area contributed by atoms with E-state index in [1.807, 2.05) is 35.0 Å². The van der Waals surface area contributed by atoms with Crippen molar-refractivity contribution in [3.05, 3.63) is 41.8 Å². The molecule has 1 aliphatic heterocycles. The van der Waals surface area contributed by atoms with E-state index in [2.05, 4.69) is 14.9 Å². The van der Waals surface area contributed by atoms with Crippen LogP contribution in [-0.2, 0) is 16.1 Å². The topological polar surface area (TPSA) is 60.2 Å². The monoisotopic (exact) mass is 384 g/mol. The van der Waals surface area contributed by atoms with Gasteiger partial charge in [0.2, 0.25) is 0 Å². The Labute approximate surface area is 162 Å². The van der Waals surface area contributed by atoms with E-state index in [4.69, 9.17) is 16.3 Å². The summed E-state index contributed by atoms with van der Waals surface area (Å²) in [5.74, 6) is 0.608. The Morgan fingerprint density at radius 3 is 2.70 bits per heavy atom. The molecule has 2 aromatic heterocycles. The van der Waals surface area contributed by atoms with Gasteiger partial charge in [-0.25, -0.2) is 9.97 Å². The molecule has 27 heavy (non-hydrogen) atoms. The summed E-state index contributed by atoms with van der Waals surface area (Å²) in [6, 6.07) is 7.70. The van der Waals surface area contributed by atoms with Gasteiger partial charge in [0.1, 0.15) is 24.3 Å². The molecular weight excluding hydrogens is 364 g/mol. The Kier molecular flexibility index (Phi) is 4.99. The predicted octanol–water partition coefficient (Wildman–Crippen LogP) is 3.92. The summed E-state index contributed by atoms with van der Waals surface area (Å²) in [5, 5.41) is 1.58. The minimum atomic E-state index is -0.290. The molecular formula is C20H21ClN4O2. The summed E-state index contributed by atoms with van der Waals surface area (Å²) in [6.07, 6.45) is 5.79. The molecule has 1 saturated heterocycles. The fraction of sp³-hybridized carbons (Fsp3) is 0.350. The van der Waals surface area contributed by atoms with Crippen molar-refractivity contribution < 1.29 is 9.53 Å². The molecule has 0 aliphatic carbocycles. The molecule has 0 saturated carbocycles. The van der Waals surface area contributed by atoms with Gasteiger partial charge in [-0.1, -0.05) is 29.8 Å². The van der Waals surface area contributed by atoms with Crippen LogP contribution < -0.4 is 4.90 Å². The van der Waals surface area contributed by atoms with Crippen molar-refractivity contribution in [3.8, 4) is 11.1 Å². The highest BCUT2D eigenvalue weighted by Crippen LogP contribution is 2.39. The second-order valence-electron chi connectivity index (χ2n) is 6.55. The summed E-state index contributed by atoms with van der Waals surface area (Å²) in [5.41, 5.74) is 2.55. The van der Waals surface area contributed by atoms with E-state index in [1.165, 1.54) is 0 Å². The fourth-order valence-corrected chi connectivity index (χ4v) is 3.86. The van der Waals surface area contributed by atoms with Gasteiger partial charge in [-0.2, -0.15) is 0 Å². The molecule has 1 fully saturated rings. The minimum Gasteiger partial charge on any atom is -0.465 e. The van der Waals surface area contributed by atoms with Crippen LogP contribution in [-0.4, -0.2) is 40.2 Å². The average molecular weight is 385 g/mol. The van der Waals surface area contributed by atoms with E-state index >= 15 is 0 Å². The van der Waals surface area contributed by atoms with Crippen LogP contribution in [0.4, 0.5) is 5.82 Å².